The van der Waals surface area contributed by atoms with Gasteiger partial charge in [-0.2, -0.15) is 4.98 Å². The third-order valence-corrected chi connectivity index (χ3v) is 8.13. The summed E-state index contributed by atoms with van der Waals surface area (Å²) >= 11 is 6.48. The van der Waals surface area contributed by atoms with E-state index in [1.165, 1.54) is 29.8 Å². The van der Waals surface area contributed by atoms with Crippen molar-refractivity contribution in [3.8, 4) is 5.75 Å². The van der Waals surface area contributed by atoms with Crippen LogP contribution in [-0.2, 0) is 16.4 Å². The van der Waals surface area contributed by atoms with Crippen LogP contribution < -0.4 is 30.3 Å². The lowest BCUT2D eigenvalue weighted by atomic mass is 10.0. The van der Waals surface area contributed by atoms with Crippen molar-refractivity contribution in [2.45, 2.75) is 39.2 Å². The number of methoxy groups -OCH3 is 1. The van der Waals surface area contributed by atoms with Gasteiger partial charge in [-0.05, 0) is 49.6 Å². The minimum Gasteiger partial charge on any atom is -0.494 e. The molecule has 1 aliphatic heterocycles. The number of hydrogen-bond donors (Lipinski definition) is 4. The summed E-state index contributed by atoms with van der Waals surface area (Å²) in [6, 6.07) is 8.12. The summed E-state index contributed by atoms with van der Waals surface area (Å²) in [7, 11) is -1.99. The third-order valence-electron chi connectivity index (χ3n) is 7.28. The first-order chi connectivity index (χ1) is 20.7. The van der Waals surface area contributed by atoms with Crippen LogP contribution in [0, 0.1) is 0 Å². The molecule has 0 atom stereocenters. The summed E-state index contributed by atoms with van der Waals surface area (Å²) in [6.07, 6.45) is 8.61. The van der Waals surface area contributed by atoms with E-state index in [0.29, 0.717) is 28.5 Å². The molecule has 0 aliphatic carbocycles. The lowest BCUT2D eigenvalue weighted by Gasteiger charge is -2.35. The van der Waals surface area contributed by atoms with E-state index in [1.54, 1.807) is 19.2 Å². The number of fused-ring (bicyclic) bond motifs is 1. The van der Waals surface area contributed by atoms with Crippen LogP contribution in [0.2, 0.25) is 5.02 Å². The fourth-order valence-corrected chi connectivity index (χ4v) is 5.98. The van der Waals surface area contributed by atoms with Gasteiger partial charge < -0.3 is 25.6 Å². The van der Waals surface area contributed by atoms with Gasteiger partial charge >= 0.3 is 0 Å². The van der Waals surface area contributed by atoms with Gasteiger partial charge in [0.15, 0.2) is 5.82 Å². The number of aryl methyl sites for hydroxylation is 1. The van der Waals surface area contributed by atoms with Gasteiger partial charge in [-0.25, -0.2) is 13.4 Å². The van der Waals surface area contributed by atoms with Crippen LogP contribution in [0.25, 0.3) is 11.0 Å². The van der Waals surface area contributed by atoms with Crippen molar-refractivity contribution < 1.29 is 13.2 Å². The number of hydrogen-bond acceptors (Lipinski definition) is 11. The Kier molecular flexibility index (Phi) is 9.33. The highest BCUT2D eigenvalue weighted by Gasteiger charge is 2.22. The molecule has 14 heteroatoms. The molecule has 3 heterocycles. The molecular formula is C29H36ClN9O3S. The molecule has 1 aliphatic rings. The second kappa shape index (κ2) is 13.1. The van der Waals surface area contributed by atoms with Crippen molar-refractivity contribution >= 4 is 67.2 Å². The van der Waals surface area contributed by atoms with E-state index in [9.17, 15) is 8.42 Å². The van der Waals surface area contributed by atoms with Crippen molar-refractivity contribution in [3.63, 3.8) is 0 Å². The largest absolute Gasteiger partial charge is 0.494 e. The quantitative estimate of drug-likeness (QED) is 0.177. The molecule has 5 rings (SSSR count). The standard InChI is InChI=1S/C29H36ClN9O3S/c1-5-18-15-23(25(42-3)16-24(18)39-13-9-19(10-14-39)31-6-2)36-29-34-17-20(30)28(37-29)35-22-8-7-21-26(33-12-11-32-21)27(22)38-43(4,40)41/h7-8,11-12,15-17,19,31,38H,5-6,9-10,13-14H2,1-4H3,(H2,34,35,36,37). The number of halogens is 1. The van der Waals surface area contributed by atoms with Crippen LogP contribution >= 0.6 is 11.6 Å². The fraction of sp³-hybridized carbons (Fsp3) is 0.379. The van der Waals surface area contributed by atoms with E-state index in [-0.39, 0.29) is 22.5 Å². The predicted molar refractivity (Wildman–Crippen MR) is 173 cm³/mol. The van der Waals surface area contributed by atoms with Crippen LogP contribution in [0.1, 0.15) is 32.3 Å². The number of nitrogens with one attached hydrogen (secondary N) is 4. The predicted octanol–water partition coefficient (Wildman–Crippen LogP) is 5.08. The van der Waals surface area contributed by atoms with Gasteiger partial charge in [-0.1, -0.05) is 25.4 Å². The van der Waals surface area contributed by atoms with E-state index in [0.717, 1.165) is 50.8 Å². The Hall–Kier alpha value is -3.94. The summed E-state index contributed by atoms with van der Waals surface area (Å²) in [5.74, 6) is 1.22. The Bertz CT molecular complexity index is 1710. The number of ether oxygens (including phenoxy) is 1. The topological polar surface area (TPSA) is 146 Å². The Balaban J connectivity index is 1.43. The van der Waals surface area contributed by atoms with E-state index in [2.05, 4.69) is 71.5 Å². The lowest BCUT2D eigenvalue weighted by molar-refractivity contribution is 0.413. The second-order valence-corrected chi connectivity index (χ2v) is 12.4. The van der Waals surface area contributed by atoms with Gasteiger partial charge in [0.2, 0.25) is 16.0 Å². The molecule has 0 amide bonds. The normalized spacial score (nSPS) is 14.1. The number of nitrogens with zero attached hydrogens (tertiary/aromatic N) is 5. The zero-order chi connectivity index (χ0) is 30.6. The van der Waals surface area contributed by atoms with Crippen molar-refractivity contribution in [2.75, 3.05) is 53.3 Å². The Morgan fingerprint density at radius 1 is 1.05 bits per heavy atom. The Morgan fingerprint density at radius 3 is 2.51 bits per heavy atom. The van der Waals surface area contributed by atoms with Crippen molar-refractivity contribution in [1.29, 1.82) is 0 Å². The molecule has 1 fully saturated rings. The molecule has 2 aromatic heterocycles. The molecule has 43 heavy (non-hydrogen) atoms. The molecule has 0 spiro atoms. The van der Waals surface area contributed by atoms with Crippen LogP contribution in [0.3, 0.4) is 0 Å². The van der Waals surface area contributed by atoms with Crippen LogP contribution in [0.5, 0.6) is 5.75 Å². The number of aromatic nitrogens is 4. The lowest BCUT2D eigenvalue weighted by Crippen LogP contribution is -2.42. The molecule has 4 N–H and O–H groups in total. The van der Waals surface area contributed by atoms with Crippen molar-refractivity contribution in [3.05, 3.63) is 53.4 Å². The highest BCUT2D eigenvalue weighted by atomic mass is 35.5. The molecular weight excluding hydrogens is 590 g/mol. The van der Waals surface area contributed by atoms with Gasteiger partial charge in [0.1, 0.15) is 16.3 Å². The van der Waals surface area contributed by atoms with Crippen LogP contribution in [0.4, 0.5) is 34.5 Å². The van der Waals surface area contributed by atoms with E-state index in [1.807, 2.05) is 0 Å². The van der Waals surface area contributed by atoms with Crippen molar-refractivity contribution in [1.82, 2.24) is 25.3 Å². The zero-order valence-corrected chi connectivity index (χ0v) is 26.2. The molecule has 0 unspecified atom stereocenters. The Labute approximate surface area is 256 Å². The highest BCUT2D eigenvalue weighted by Crippen LogP contribution is 2.38. The summed E-state index contributed by atoms with van der Waals surface area (Å²) < 4.78 is 32.7. The summed E-state index contributed by atoms with van der Waals surface area (Å²) in [5, 5.41) is 10.2. The first-order valence-electron chi connectivity index (χ1n) is 14.2. The SMILES string of the molecule is CCNC1CCN(c2cc(OC)c(Nc3ncc(Cl)c(Nc4ccc5nccnc5c4NS(C)(=O)=O)n3)cc2CC)CC1. The van der Waals surface area contributed by atoms with Gasteiger partial charge in [0, 0.05) is 43.3 Å². The van der Waals surface area contributed by atoms with E-state index >= 15 is 0 Å². The molecule has 2 aromatic carbocycles. The average Bonchev–Trinajstić information content (AvgIpc) is 2.99. The molecule has 0 saturated carbocycles. The summed E-state index contributed by atoms with van der Waals surface area (Å²) in [5.41, 5.74) is 4.62. The maximum Gasteiger partial charge on any atom is 0.229 e. The number of anilines is 6. The first-order valence-corrected chi connectivity index (χ1v) is 16.4. The number of piperidine rings is 1. The average molecular weight is 626 g/mol. The van der Waals surface area contributed by atoms with Crippen LogP contribution in [0.15, 0.2) is 42.9 Å². The van der Waals surface area contributed by atoms with Gasteiger partial charge in [0.05, 0.1) is 42.1 Å². The number of sulfonamides is 1. The monoisotopic (exact) mass is 625 g/mol. The molecule has 0 bridgehead atoms. The smallest absolute Gasteiger partial charge is 0.229 e. The third kappa shape index (κ3) is 7.17. The minimum atomic E-state index is -3.63. The Morgan fingerprint density at radius 2 is 1.81 bits per heavy atom. The summed E-state index contributed by atoms with van der Waals surface area (Å²) in [6.45, 7) is 7.22. The number of benzene rings is 2. The zero-order valence-electron chi connectivity index (χ0n) is 24.6. The van der Waals surface area contributed by atoms with Gasteiger partial charge in [-0.15, -0.1) is 0 Å². The summed E-state index contributed by atoms with van der Waals surface area (Å²) in [4.78, 5) is 20.0. The maximum absolute atomic E-state index is 12.2. The minimum absolute atomic E-state index is 0.233. The molecule has 4 aromatic rings. The van der Waals surface area contributed by atoms with E-state index in [4.69, 9.17) is 16.3 Å². The maximum atomic E-state index is 12.2. The number of rotatable bonds is 11. The molecule has 228 valence electrons. The molecule has 12 nitrogen and oxygen atoms in total. The fourth-order valence-electron chi connectivity index (χ4n) is 5.26. The molecule has 1 saturated heterocycles. The first kappa shape index (κ1) is 30.5. The molecule has 0 radical (unpaired) electrons. The van der Waals surface area contributed by atoms with E-state index < -0.39 is 10.0 Å². The highest BCUT2D eigenvalue weighted by molar-refractivity contribution is 7.92. The van der Waals surface area contributed by atoms with Gasteiger partial charge in [0.25, 0.3) is 0 Å². The second-order valence-electron chi connectivity index (χ2n) is 10.3. The van der Waals surface area contributed by atoms with Gasteiger partial charge in [-0.3, -0.25) is 14.7 Å². The van der Waals surface area contributed by atoms with Crippen molar-refractivity contribution in [2.24, 2.45) is 0 Å². The van der Waals surface area contributed by atoms with Crippen LogP contribution in [-0.4, -0.2) is 67.4 Å².